The summed E-state index contributed by atoms with van der Waals surface area (Å²) in [6.07, 6.45) is 0.784. The number of amides is 2. The van der Waals surface area contributed by atoms with Crippen LogP contribution < -0.4 is 10.6 Å². The third kappa shape index (κ3) is 6.16. The van der Waals surface area contributed by atoms with Gasteiger partial charge in [-0.15, -0.1) is 0 Å². The number of carbonyl (C=O) groups is 2. The van der Waals surface area contributed by atoms with Gasteiger partial charge in [-0.25, -0.2) is 0 Å². The van der Waals surface area contributed by atoms with Crippen LogP contribution >= 0.6 is 15.9 Å². The van der Waals surface area contributed by atoms with E-state index in [-0.39, 0.29) is 18.4 Å². The SMILES string of the molecule is CCC(O)CCNC(=O)CNC(=O)c1ccc(Br)cc1. The van der Waals surface area contributed by atoms with Crippen LogP contribution in [0.25, 0.3) is 0 Å². The smallest absolute Gasteiger partial charge is 0.251 e. The molecule has 6 heteroatoms. The van der Waals surface area contributed by atoms with Gasteiger partial charge in [-0.3, -0.25) is 9.59 Å². The molecule has 1 aromatic carbocycles. The molecule has 0 radical (unpaired) electrons. The second-order valence-corrected chi connectivity index (χ2v) is 5.31. The zero-order chi connectivity index (χ0) is 15.0. The summed E-state index contributed by atoms with van der Waals surface area (Å²) in [7, 11) is 0. The first-order chi connectivity index (χ1) is 9.52. The van der Waals surface area contributed by atoms with Gasteiger partial charge in [-0.1, -0.05) is 22.9 Å². The maximum atomic E-state index is 11.7. The van der Waals surface area contributed by atoms with Crippen LogP contribution in [0.3, 0.4) is 0 Å². The van der Waals surface area contributed by atoms with Crippen molar-refractivity contribution in [3.8, 4) is 0 Å². The van der Waals surface area contributed by atoms with E-state index in [1.165, 1.54) is 0 Å². The molecule has 0 heterocycles. The van der Waals surface area contributed by atoms with E-state index in [4.69, 9.17) is 0 Å². The van der Waals surface area contributed by atoms with E-state index < -0.39 is 6.10 Å². The minimum atomic E-state index is -0.396. The summed E-state index contributed by atoms with van der Waals surface area (Å²) < 4.78 is 0.890. The van der Waals surface area contributed by atoms with E-state index >= 15 is 0 Å². The van der Waals surface area contributed by atoms with Gasteiger partial charge < -0.3 is 15.7 Å². The Morgan fingerprint density at radius 1 is 1.25 bits per heavy atom. The maximum Gasteiger partial charge on any atom is 0.251 e. The fourth-order valence-corrected chi connectivity index (χ4v) is 1.77. The molecule has 0 aliphatic heterocycles. The largest absolute Gasteiger partial charge is 0.393 e. The molecule has 1 rings (SSSR count). The first-order valence-electron chi connectivity index (χ1n) is 6.51. The first kappa shape index (κ1) is 16.7. The number of halogens is 1. The molecule has 0 aliphatic carbocycles. The van der Waals surface area contributed by atoms with Gasteiger partial charge in [0.05, 0.1) is 12.6 Å². The van der Waals surface area contributed by atoms with Crippen LogP contribution in [-0.2, 0) is 4.79 Å². The predicted octanol–water partition coefficient (Wildman–Crippen LogP) is 1.46. The number of carbonyl (C=O) groups excluding carboxylic acids is 2. The van der Waals surface area contributed by atoms with Crippen LogP contribution in [0.1, 0.15) is 30.1 Å². The Kier molecular flexibility index (Phi) is 7.25. The molecule has 0 fully saturated rings. The lowest BCUT2D eigenvalue weighted by Gasteiger charge is -2.09. The number of aliphatic hydroxyl groups excluding tert-OH is 1. The lowest BCUT2D eigenvalue weighted by Crippen LogP contribution is -2.37. The van der Waals surface area contributed by atoms with Crippen molar-refractivity contribution in [2.75, 3.05) is 13.1 Å². The van der Waals surface area contributed by atoms with Crippen molar-refractivity contribution in [2.45, 2.75) is 25.9 Å². The Morgan fingerprint density at radius 3 is 2.50 bits per heavy atom. The van der Waals surface area contributed by atoms with Crippen molar-refractivity contribution in [2.24, 2.45) is 0 Å². The van der Waals surface area contributed by atoms with E-state index in [1.54, 1.807) is 24.3 Å². The second-order valence-electron chi connectivity index (χ2n) is 4.39. The summed E-state index contributed by atoms with van der Waals surface area (Å²) in [5, 5.41) is 14.5. The first-order valence-corrected chi connectivity index (χ1v) is 7.30. The highest BCUT2D eigenvalue weighted by molar-refractivity contribution is 9.10. The molecule has 0 saturated carbocycles. The summed E-state index contributed by atoms with van der Waals surface area (Å²) in [5.74, 6) is -0.556. The minimum absolute atomic E-state index is 0.0723. The van der Waals surface area contributed by atoms with E-state index in [2.05, 4.69) is 26.6 Å². The third-order valence-electron chi connectivity index (χ3n) is 2.79. The van der Waals surface area contributed by atoms with Gasteiger partial charge in [0, 0.05) is 16.6 Å². The molecule has 20 heavy (non-hydrogen) atoms. The fourth-order valence-electron chi connectivity index (χ4n) is 1.51. The van der Waals surface area contributed by atoms with Crippen molar-refractivity contribution in [1.29, 1.82) is 0 Å². The molecule has 0 bridgehead atoms. The molecular formula is C14H19BrN2O3. The highest BCUT2D eigenvalue weighted by Crippen LogP contribution is 2.10. The number of benzene rings is 1. The highest BCUT2D eigenvalue weighted by Gasteiger charge is 2.08. The summed E-state index contributed by atoms with van der Waals surface area (Å²) in [6.45, 7) is 2.21. The summed E-state index contributed by atoms with van der Waals surface area (Å²) in [6, 6.07) is 6.88. The maximum absolute atomic E-state index is 11.7. The van der Waals surface area contributed by atoms with E-state index in [9.17, 15) is 14.7 Å². The number of aliphatic hydroxyl groups is 1. The molecule has 3 N–H and O–H groups in total. The Labute approximate surface area is 126 Å². The molecule has 110 valence electrons. The third-order valence-corrected chi connectivity index (χ3v) is 3.32. The molecule has 1 unspecified atom stereocenters. The van der Waals surface area contributed by atoms with Crippen LogP contribution in [0.5, 0.6) is 0 Å². The van der Waals surface area contributed by atoms with Crippen LogP contribution in [0, 0.1) is 0 Å². The van der Waals surface area contributed by atoms with Crippen molar-refractivity contribution < 1.29 is 14.7 Å². The van der Waals surface area contributed by atoms with Crippen molar-refractivity contribution >= 4 is 27.7 Å². The van der Waals surface area contributed by atoms with Crippen LogP contribution in [0.4, 0.5) is 0 Å². The minimum Gasteiger partial charge on any atom is -0.393 e. The molecule has 1 aromatic rings. The zero-order valence-electron chi connectivity index (χ0n) is 11.4. The van der Waals surface area contributed by atoms with Gasteiger partial charge in [0.25, 0.3) is 5.91 Å². The number of hydrogen-bond donors (Lipinski definition) is 3. The lowest BCUT2D eigenvalue weighted by molar-refractivity contribution is -0.120. The van der Waals surface area contributed by atoms with Crippen molar-refractivity contribution in [3.63, 3.8) is 0 Å². The number of nitrogens with one attached hydrogen (secondary N) is 2. The summed E-state index contributed by atoms with van der Waals surface area (Å²) in [4.78, 5) is 23.2. The van der Waals surface area contributed by atoms with Crippen LogP contribution in [0.2, 0.25) is 0 Å². The van der Waals surface area contributed by atoms with Crippen molar-refractivity contribution in [3.05, 3.63) is 34.3 Å². The number of rotatable bonds is 7. The quantitative estimate of drug-likeness (QED) is 0.701. The predicted molar refractivity (Wildman–Crippen MR) is 80.4 cm³/mol. The highest BCUT2D eigenvalue weighted by atomic mass is 79.9. The van der Waals surface area contributed by atoms with E-state index in [0.717, 1.165) is 4.47 Å². The number of hydrogen-bond acceptors (Lipinski definition) is 3. The topological polar surface area (TPSA) is 78.4 Å². The standard InChI is InChI=1S/C14H19BrN2O3/c1-2-12(18)7-8-16-13(19)9-17-14(20)10-3-5-11(15)6-4-10/h3-6,12,18H,2,7-9H2,1H3,(H,16,19)(H,17,20). The molecule has 0 spiro atoms. The molecule has 5 nitrogen and oxygen atoms in total. The molecular weight excluding hydrogens is 324 g/mol. The van der Waals surface area contributed by atoms with E-state index in [0.29, 0.717) is 24.9 Å². The van der Waals surface area contributed by atoms with Gasteiger partial charge >= 0.3 is 0 Å². The Morgan fingerprint density at radius 2 is 1.90 bits per heavy atom. The Hall–Kier alpha value is -1.40. The fraction of sp³-hybridized carbons (Fsp3) is 0.429. The zero-order valence-corrected chi connectivity index (χ0v) is 12.9. The Bertz CT molecular complexity index is 448. The van der Waals surface area contributed by atoms with Crippen molar-refractivity contribution in [1.82, 2.24) is 10.6 Å². The van der Waals surface area contributed by atoms with Gasteiger partial charge in [0.1, 0.15) is 0 Å². The normalized spacial score (nSPS) is 11.8. The van der Waals surface area contributed by atoms with Gasteiger partial charge in [0.2, 0.25) is 5.91 Å². The second kappa shape index (κ2) is 8.71. The van der Waals surface area contributed by atoms with Gasteiger partial charge in [0.15, 0.2) is 0 Å². The molecule has 0 aliphatic rings. The molecule has 1 atom stereocenters. The monoisotopic (exact) mass is 342 g/mol. The van der Waals surface area contributed by atoms with E-state index in [1.807, 2.05) is 6.92 Å². The van der Waals surface area contributed by atoms with Gasteiger partial charge in [-0.05, 0) is 37.1 Å². The van der Waals surface area contributed by atoms with Gasteiger partial charge in [-0.2, -0.15) is 0 Å². The Balaban J connectivity index is 2.27. The molecule has 0 saturated heterocycles. The summed E-state index contributed by atoms with van der Waals surface area (Å²) >= 11 is 3.29. The summed E-state index contributed by atoms with van der Waals surface area (Å²) in [5.41, 5.74) is 0.502. The van der Waals surface area contributed by atoms with Crippen LogP contribution in [-0.4, -0.2) is 36.1 Å². The van der Waals surface area contributed by atoms with Crippen LogP contribution in [0.15, 0.2) is 28.7 Å². The lowest BCUT2D eigenvalue weighted by atomic mass is 10.2. The average molecular weight is 343 g/mol. The molecule has 0 aromatic heterocycles. The molecule has 2 amide bonds. The average Bonchev–Trinajstić information content (AvgIpc) is 2.45.